The van der Waals surface area contributed by atoms with Gasteiger partial charge in [-0.2, -0.15) is 43.2 Å². The fourth-order valence-electron chi connectivity index (χ4n) is 2.44. The maximum Gasteiger partial charge on any atom is 0.417 e. The first-order valence-corrected chi connectivity index (χ1v) is 11.2. The Morgan fingerprint density at radius 2 is 0.933 bits per heavy atom. The highest BCUT2D eigenvalue weighted by Crippen LogP contribution is 2.45. The first kappa shape index (κ1) is 23.8. The van der Waals surface area contributed by atoms with Crippen LogP contribution in [0.15, 0.2) is 36.4 Å². The molecule has 0 radical (unpaired) electrons. The summed E-state index contributed by atoms with van der Waals surface area (Å²) in [4.78, 5) is 0. The molecule has 6 nitrogen and oxygen atoms in total. The third-order valence-corrected chi connectivity index (χ3v) is 4.37. The summed E-state index contributed by atoms with van der Waals surface area (Å²) in [7, 11) is -8.38. The SMILES string of the molecule is CS(=O)(=O)Oc1ccc(-c2ccc(OS(C)(=O)=O)cc2C(F)(F)F)c(C(F)(F)F)c1. The van der Waals surface area contributed by atoms with Crippen molar-refractivity contribution in [1.29, 1.82) is 0 Å². The van der Waals surface area contributed by atoms with Crippen LogP contribution in [-0.4, -0.2) is 29.3 Å². The van der Waals surface area contributed by atoms with E-state index in [0.29, 0.717) is 24.6 Å². The fourth-order valence-corrected chi connectivity index (χ4v) is 3.35. The summed E-state index contributed by atoms with van der Waals surface area (Å²) in [6, 6.07) is 3.24. The molecule has 2 rings (SSSR count). The van der Waals surface area contributed by atoms with Crippen molar-refractivity contribution in [2.75, 3.05) is 12.5 Å². The van der Waals surface area contributed by atoms with Crippen LogP contribution in [0.4, 0.5) is 26.3 Å². The molecule has 0 N–H and O–H groups in total. The van der Waals surface area contributed by atoms with Gasteiger partial charge < -0.3 is 8.37 Å². The van der Waals surface area contributed by atoms with Gasteiger partial charge in [0.05, 0.1) is 23.6 Å². The normalized spacial score (nSPS) is 13.2. The summed E-state index contributed by atoms with van der Waals surface area (Å²) in [5, 5.41) is 0. The summed E-state index contributed by atoms with van der Waals surface area (Å²) >= 11 is 0. The molecule has 0 bridgehead atoms. The second kappa shape index (κ2) is 7.65. The van der Waals surface area contributed by atoms with E-state index in [1.807, 2.05) is 0 Å². The largest absolute Gasteiger partial charge is 0.417 e. The van der Waals surface area contributed by atoms with Gasteiger partial charge in [0.25, 0.3) is 0 Å². The van der Waals surface area contributed by atoms with Crippen molar-refractivity contribution in [1.82, 2.24) is 0 Å². The van der Waals surface area contributed by atoms with Gasteiger partial charge in [0.2, 0.25) is 0 Å². The Morgan fingerprint density at radius 1 is 0.633 bits per heavy atom. The Balaban J connectivity index is 2.76. The standard InChI is InChI=1S/C16H12F6O6S2/c1-29(23,24)27-9-3-5-11(13(7-9)15(17,18)19)12-6-4-10(28-30(2,25)26)8-14(12)16(20,21)22/h3-8H,1-2H3. The molecule has 2 aromatic rings. The number of alkyl halides is 6. The van der Waals surface area contributed by atoms with E-state index in [0.717, 1.165) is 12.1 Å². The van der Waals surface area contributed by atoms with Gasteiger partial charge in [-0.25, -0.2) is 0 Å². The van der Waals surface area contributed by atoms with E-state index < -0.39 is 66.3 Å². The molecule has 14 heteroatoms. The lowest BCUT2D eigenvalue weighted by atomic mass is 9.94. The molecular weight excluding hydrogens is 466 g/mol. The van der Waals surface area contributed by atoms with E-state index in [4.69, 9.17) is 0 Å². The van der Waals surface area contributed by atoms with Crippen LogP contribution in [-0.2, 0) is 32.6 Å². The second-order valence-electron chi connectivity index (χ2n) is 5.99. The van der Waals surface area contributed by atoms with E-state index in [1.165, 1.54) is 0 Å². The average molecular weight is 478 g/mol. The maximum absolute atomic E-state index is 13.5. The van der Waals surface area contributed by atoms with Crippen LogP contribution in [0.5, 0.6) is 11.5 Å². The van der Waals surface area contributed by atoms with Crippen LogP contribution in [0.3, 0.4) is 0 Å². The van der Waals surface area contributed by atoms with Gasteiger partial charge in [-0.1, -0.05) is 12.1 Å². The number of rotatable bonds is 5. The minimum Gasteiger partial charge on any atom is -0.383 e. The summed E-state index contributed by atoms with van der Waals surface area (Å²) in [6.45, 7) is 0. The third kappa shape index (κ3) is 6.26. The minimum atomic E-state index is -5.17. The lowest BCUT2D eigenvalue weighted by molar-refractivity contribution is -0.139. The molecule has 0 aromatic heterocycles. The summed E-state index contributed by atoms with van der Waals surface area (Å²) in [5.41, 5.74) is -5.04. The number of benzene rings is 2. The number of hydrogen-bond donors (Lipinski definition) is 0. The molecule has 0 aliphatic carbocycles. The van der Waals surface area contributed by atoms with Gasteiger partial charge in [0, 0.05) is 0 Å². The van der Waals surface area contributed by atoms with Crippen molar-refractivity contribution >= 4 is 20.2 Å². The zero-order valence-electron chi connectivity index (χ0n) is 15.0. The van der Waals surface area contributed by atoms with Crippen LogP contribution in [0.1, 0.15) is 11.1 Å². The molecule has 0 saturated heterocycles. The van der Waals surface area contributed by atoms with E-state index in [2.05, 4.69) is 8.37 Å². The van der Waals surface area contributed by atoms with Crippen LogP contribution in [0, 0.1) is 0 Å². The van der Waals surface area contributed by atoms with E-state index >= 15 is 0 Å². The van der Waals surface area contributed by atoms with Crippen molar-refractivity contribution in [3.05, 3.63) is 47.5 Å². The lowest BCUT2D eigenvalue weighted by Gasteiger charge is -2.19. The van der Waals surface area contributed by atoms with Gasteiger partial charge in [-0.15, -0.1) is 0 Å². The molecule has 30 heavy (non-hydrogen) atoms. The van der Waals surface area contributed by atoms with E-state index in [-0.39, 0.29) is 12.1 Å². The Hall–Kier alpha value is -2.48. The molecule has 0 amide bonds. The molecule has 0 aliphatic heterocycles. The molecule has 0 aliphatic rings. The van der Waals surface area contributed by atoms with Crippen molar-refractivity contribution in [3.63, 3.8) is 0 Å². The van der Waals surface area contributed by atoms with Gasteiger partial charge in [-0.05, 0) is 35.4 Å². The van der Waals surface area contributed by atoms with Gasteiger partial charge in [0.15, 0.2) is 0 Å². The van der Waals surface area contributed by atoms with E-state index in [9.17, 15) is 43.2 Å². The molecular formula is C16H12F6O6S2. The molecule has 0 atom stereocenters. The first-order valence-electron chi connectivity index (χ1n) is 7.58. The monoisotopic (exact) mass is 478 g/mol. The smallest absolute Gasteiger partial charge is 0.383 e. The third-order valence-electron chi connectivity index (χ3n) is 3.38. The molecule has 0 spiro atoms. The Morgan fingerprint density at radius 3 is 1.17 bits per heavy atom. The second-order valence-corrected chi connectivity index (χ2v) is 9.14. The van der Waals surface area contributed by atoms with Crippen LogP contribution in [0.25, 0.3) is 11.1 Å². The summed E-state index contributed by atoms with van der Waals surface area (Å²) < 4.78 is 134. The fraction of sp³-hybridized carbons (Fsp3) is 0.250. The summed E-state index contributed by atoms with van der Waals surface area (Å²) in [6.07, 6.45) is -9.18. The Kier molecular flexibility index (Phi) is 6.07. The zero-order chi connectivity index (χ0) is 23.1. The van der Waals surface area contributed by atoms with Crippen LogP contribution >= 0.6 is 0 Å². The summed E-state index contributed by atoms with van der Waals surface area (Å²) in [5.74, 6) is -1.50. The van der Waals surface area contributed by atoms with Crippen molar-refractivity contribution in [3.8, 4) is 22.6 Å². The Bertz CT molecular complexity index is 1070. The maximum atomic E-state index is 13.5. The highest BCUT2D eigenvalue weighted by molar-refractivity contribution is 7.86. The van der Waals surface area contributed by atoms with Crippen molar-refractivity contribution in [2.24, 2.45) is 0 Å². The first-order chi connectivity index (χ1) is 13.4. The van der Waals surface area contributed by atoms with Gasteiger partial charge >= 0.3 is 32.6 Å². The number of halogens is 6. The highest BCUT2D eigenvalue weighted by Gasteiger charge is 2.39. The lowest BCUT2D eigenvalue weighted by Crippen LogP contribution is -2.13. The van der Waals surface area contributed by atoms with E-state index in [1.54, 1.807) is 0 Å². The van der Waals surface area contributed by atoms with Crippen molar-refractivity contribution in [2.45, 2.75) is 12.4 Å². The number of hydrogen-bond acceptors (Lipinski definition) is 6. The minimum absolute atomic E-state index is 0.247. The topological polar surface area (TPSA) is 86.7 Å². The quantitative estimate of drug-likeness (QED) is 0.476. The van der Waals surface area contributed by atoms with Crippen LogP contribution in [0.2, 0.25) is 0 Å². The van der Waals surface area contributed by atoms with Crippen LogP contribution < -0.4 is 8.37 Å². The zero-order valence-corrected chi connectivity index (χ0v) is 16.6. The average Bonchev–Trinajstić information content (AvgIpc) is 2.50. The molecule has 166 valence electrons. The predicted octanol–water partition coefficient (Wildman–Crippen LogP) is 4.07. The Labute approximate surface area is 167 Å². The van der Waals surface area contributed by atoms with Gasteiger partial charge in [0.1, 0.15) is 11.5 Å². The molecule has 0 heterocycles. The predicted molar refractivity (Wildman–Crippen MR) is 92.8 cm³/mol. The van der Waals surface area contributed by atoms with Gasteiger partial charge in [-0.3, -0.25) is 0 Å². The molecule has 0 saturated carbocycles. The molecule has 0 unspecified atom stereocenters. The van der Waals surface area contributed by atoms with Crippen molar-refractivity contribution < 1.29 is 51.5 Å². The molecule has 2 aromatic carbocycles. The molecule has 0 fully saturated rings. The highest BCUT2D eigenvalue weighted by atomic mass is 32.2.